The lowest BCUT2D eigenvalue weighted by Gasteiger charge is -2.15. The highest BCUT2D eigenvalue weighted by atomic mass is 32.1. The molecule has 0 atom stereocenters. The number of carbonyl (C=O) groups excluding carboxylic acids is 1. The number of hydrogen-bond donors (Lipinski definition) is 1. The van der Waals surface area contributed by atoms with Crippen LogP contribution in [0.25, 0.3) is 11.0 Å². The van der Waals surface area contributed by atoms with Crippen LogP contribution in [0.15, 0.2) is 35.4 Å². The summed E-state index contributed by atoms with van der Waals surface area (Å²) in [4.78, 5) is 25.3. The van der Waals surface area contributed by atoms with Gasteiger partial charge >= 0.3 is 0 Å². The maximum atomic E-state index is 12.3. The molecule has 0 aliphatic rings. The van der Waals surface area contributed by atoms with E-state index < -0.39 is 0 Å². The monoisotopic (exact) mass is 272 g/mol. The number of amides is 1. The largest absolute Gasteiger partial charge is 0.345 e. The molecule has 6 heteroatoms. The van der Waals surface area contributed by atoms with Crippen LogP contribution in [0.4, 0.5) is 0 Å². The number of nitrogens with one attached hydrogen (secondary N) is 1. The molecule has 0 saturated carbocycles. The van der Waals surface area contributed by atoms with Crippen molar-refractivity contribution < 1.29 is 4.79 Å². The van der Waals surface area contributed by atoms with Crippen molar-refractivity contribution in [3.63, 3.8) is 0 Å². The number of fused-ring (bicyclic) bond motifs is 1. The van der Waals surface area contributed by atoms with Crippen molar-refractivity contribution in [2.75, 3.05) is 7.05 Å². The van der Waals surface area contributed by atoms with Gasteiger partial charge in [0.25, 0.3) is 5.91 Å². The van der Waals surface area contributed by atoms with Gasteiger partial charge in [0.15, 0.2) is 0 Å². The lowest BCUT2D eigenvalue weighted by atomic mass is 10.2. The van der Waals surface area contributed by atoms with Crippen LogP contribution in [0.3, 0.4) is 0 Å². The highest BCUT2D eigenvalue weighted by molar-refractivity contribution is 7.07. The number of carbonyl (C=O) groups is 1. The van der Waals surface area contributed by atoms with Crippen LogP contribution in [0.2, 0.25) is 0 Å². The summed E-state index contributed by atoms with van der Waals surface area (Å²) in [6, 6.07) is 5.46. The van der Waals surface area contributed by atoms with E-state index in [1.165, 1.54) is 11.3 Å². The molecular formula is C13H12N4OS. The summed E-state index contributed by atoms with van der Waals surface area (Å²) in [6.45, 7) is 0.517. The SMILES string of the molecule is CN(Cc1cscn1)C(=O)c1ccc2nc[nH]c2c1. The molecule has 3 aromatic rings. The molecule has 1 N–H and O–H groups in total. The maximum Gasteiger partial charge on any atom is 0.254 e. The van der Waals surface area contributed by atoms with E-state index in [0.717, 1.165) is 16.7 Å². The first-order valence-corrected chi connectivity index (χ1v) is 6.74. The van der Waals surface area contributed by atoms with E-state index in [1.54, 1.807) is 29.9 Å². The molecule has 5 nitrogen and oxygen atoms in total. The summed E-state index contributed by atoms with van der Waals surface area (Å²) in [7, 11) is 1.78. The minimum absolute atomic E-state index is 0.0236. The zero-order chi connectivity index (χ0) is 13.2. The molecule has 0 aliphatic heterocycles. The second-order valence-corrected chi connectivity index (χ2v) is 4.99. The number of benzene rings is 1. The lowest BCUT2D eigenvalue weighted by Crippen LogP contribution is -2.26. The minimum Gasteiger partial charge on any atom is -0.345 e. The van der Waals surface area contributed by atoms with Gasteiger partial charge in [-0.25, -0.2) is 9.97 Å². The number of rotatable bonds is 3. The number of thiazole rings is 1. The molecule has 0 bridgehead atoms. The molecule has 2 aromatic heterocycles. The zero-order valence-electron chi connectivity index (χ0n) is 10.3. The minimum atomic E-state index is -0.0236. The Morgan fingerprint density at radius 2 is 2.32 bits per heavy atom. The van der Waals surface area contributed by atoms with Gasteiger partial charge in [0, 0.05) is 18.0 Å². The third kappa shape index (κ3) is 2.34. The standard InChI is InChI=1S/C13H12N4OS/c1-17(5-10-6-19-8-16-10)13(18)9-2-3-11-12(4-9)15-7-14-11/h2-4,6-8H,5H2,1H3,(H,14,15). The van der Waals surface area contributed by atoms with Crippen molar-refractivity contribution in [2.45, 2.75) is 6.54 Å². The van der Waals surface area contributed by atoms with E-state index in [-0.39, 0.29) is 5.91 Å². The van der Waals surface area contributed by atoms with Crippen LogP contribution in [-0.2, 0) is 6.54 Å². The summed E-state index contributed by atoms with van der Waals surface area (Å²) in [5.74, 6) is -0.0236. The van der Waals surface area contributed by atoms with Gasteiger partial charge in [0.1, 0.15) is 0 Å². The smallest absolute Gasteiger partial charge is 0.254 e. The molecule has 2 heterocycles. The molecule has 0 saturated heterocycles. The van der Waals surface area contributed by atoms with E-state index in [1.807, 2.05) is 17.5 Å². The van der Waals surface area contributed by atoms with Crippen LogP contribution in [0.1, 0.15) is 16.1 Å². The highest BCUT2D eigenvalue weighted by Gasteiger charge is 2.13. The number of aromatic amines is 1. The summed E-state index contributed by atoms with van der Waals surface area (Å²) >= 11 is 1.53. The van der Waals surface area contributed by atoms with Crippen molar-refractivity contribution in [3.8, 4) is 0 Å². The van der Waals surface area contributed by atoms with Crippen LogP contribution < -0.4 is 0 Å². The van der Waals surface area contributed by atoms with Gasteiger partial charge in [-0.3, -0.25) is 4.79 Å². The first kappa shape index (κ1) is 11.9. The number of imidazole rings is 1. The van der Waals surface area contributed by atoms with Crippen molar-refractivity contribution in [2.24, 2.45) is 0 Å². The fourth-order valence-electron chi connectivity index (χ4n) is 1.92. The first-order valence-electron chi connectivity index (χ1n) is 5.80. The summed E-state index contributed by atoms with van der Waals surface area (Å²) < 4.78 is 0. The number of H-pyrrole nitrogens is 1. The van der Waals surface area contributed by atoms with Crippen molar-refractivity contribution in [1.82, 2.24) is 19.9 Å². The third-order valence-electron chi connectivity index (χ3n) is 2.90. The fourth-order valence-corrected chi connectivity index (χ4v) is 2.47. The Morgan fingerprint density at radius 3 is 3.11 bits per heavy atom. The number of hydrogen-bond acceptors (Lipinski definition) is 4. The Hall–Kier alpha value is -2.21. The van der Waals surface area contributed by atoms with E-state index in [9.17, 15) is 4.79 Å². The van der Waals surface area contributed by atoms with Crippen LogP contribution in [0, 0.1) is 0 Å². The first-order chi connectivity index (χ1) is 9.24. The second kappa shape index (κ2) is 4.81. The van der Waals surface area contributed by atoms with Gasteiger partial charge < -0.3 is 9.88 Å². The summed E-state index contributed by atoms with van der Waals surface area (Å²) in [6.07, 6.45) is 1.62. The number of nitrogens with zero attached hydrogens (tertiary/aromatic N) is 3. The Balaban J connectivity index is 1.82. The normalized spacial score (nSPS) is 10.8. The molecule has 1 amide bonds. The van der Waals surface area contributed by atoms with Crippen LogP contribution in [-0.4, -0.2) is 32.8 Å². The molecular weight excluding hydrogens is 260 g/mol. The van der Waals surface area contributed by atoms with E-state index in [0.29, 0.717) is 12.1 Å². The Labute approximate surface area is 113 Å². The molecule has 0 aliphatic carbocycles. The predicted octanol–water partition coefficient (Wildman–Crippen LogP) is 2.29. The van der Waals surface area contributed by atoms with Gasteiger partial charge in [-0.05, 0) is 18.2 Å². The van der Waals surface area contributed by atoms with Gasteiger partial charge in [0.2, 0.25) is 0 Å². The molecule has 3 rings (SSSR count). The van der Waals surface area contributed by atoms with E-state index in [2.05, 4.69) is 15.0 Å². The van der Waals surface area contributed by atoms with Crippen LogP contribution >= 0.6 is 11.3 Å². The second-order valence-electron chi connectivity index (χ2n) is 4.28. The Bertz CT molecular complexity index is 704. The molecule has 96 valence electrons. The van der Waals surface area contributed by atoms with Gasteiger partial charge in [-0.2, -0.15) is 0 Å². The number of aromatic nitrogens is 3. The average molecular weight is 272 g/mol. The Kier molecular flexibility index (Phi) is 3.00. The van der Waals surface area contributed by atoms with E-state index in [4.69, 9.17) is 0 Å². The highest BCUT2D eigenvalue weighted by Crippen LogP contribution is 2.14. The molecule has 0 unspecified atom stereocenters. The zero-order valence-corrected chi connectivity index (χ0v) is 11.1. The molecule has 0 spiro atoms. The fraction of sp³-hybridized carbons (Fsp3) is 0.154. The van der Waals surface area contributed by atoms with Crippen molar-refractivity contribution in [1.29, 1.82) is 0 Å². The maximum absolute atomic E-state index is 12.3. The van der Waals surface area contributed by atoms with Gasteiger partial charge in [-0.1, -0.05) is 0 Å². The molecule has 0 radical (unpaired) electrons. The summed E-state index contributed by atoms with van der Waals surface area (Å²) in [5, 5.41) is 1.95. The predicted molar refractivity (Wildman–Crippen MR) is 74.0 cm³/mol. The topological polar surface area (TPSA) is 61.9 Å². The van der Waals surface area contributed by atoms with Crippen molar-refractivity contribution >= 4 is 28.3 Å². The lowest BCUT2D eigenvalue weighted by molar-refractivity contribution is 0.0784. The molecule has 1 aromatic carbocycles. The van der Waals surface area contributed by atoms with Crippen LogP contribution in [0.5, 0.6) is 0 Å². The molecule has 19 heavy (non-hydrogen) atoms. The van der Waals surface area contributed by atoms with E-state index >= 15 is 0 Å². The third-order valence-corrected chi connectivity index (χ3v) is 3.53. The Morgan fingerprint density at radius 1 is 1.42 bits per heavy atom. The summed E-state index contributed by atoms with van der Waals surface area (Å²) in [5.41, 5.74) is 5.05. The molecule has 0 fully saturated rings. The quantitative estimate of drug-likeness (QED) is 0.795. The van der Waals surface area contributed by atoms with Gasteiger partial charge in [0.05, 0.1) is 35.1 Å². The average Bonchev–Trinajstić information content (AvgIpc) is 3.07. The van der Waals surface area contributed by atoms with Crippen molar-refractivity contribution in [3.05, 3.63) is 46.7 Å². The van der Waals surface area contributed by atoms with Gasteiger partial charge in [-0.15, -0.1) is 11.3 Å².